The lowest BCUT2D eigenvalue weighted by molar-refractivity contribution is -0.140. The first kappa shape index (κ1) is 24.3. The number of rotatable bonds is 3. The number of para-hydroxylation sites is 1. The monoisotopic (exact) mass is 573 g/mol. The normalized spacial score (nSPS) is 34.9. The quantitative estimate of drug-likeness (QED) is 0.259. The van der Waals surface area contributed by atoms with Crippen LogP contribution >= 0.6 is 11.6 Å². The van der Waals surface area contributed by atoms with Gasteiger partial charge in [-0.2, -0.15) is 10.1 Å². The summed E-state index contributed by atoms with van der Waals surface area (Å²) in [5.74, 6) is -3.77. The van der Waals surface area contributed by atoms with Gasteiger partial charge < -0.3 is 0 Å². The number of fused-ring (bicyclic) bond motifs is 5. The fraction of sp³-hybridized carbons (Fsp3) is 0.265. The van der Waals surface area contributed by atoms with Crippen molar-refractivity contribution in [2.24, 2.45) is 40.6 Å². The third kappa shape index (κ3) is 2.71. The number of hydrogen-bond donors (Lipinski definition) is 0. The molecule has 1 saturated carbocycles. The Morgan fingerprint density at radius 1 is 0.714 bits per heavy atom. The first-order valence-corrected chi connectivity index (χ1v) is 14.7. The van der Waals surface area contributed by atoms with Gasteiger partial charge in [-0.3, -0.25) is 19.2 Å². The van der Waals surface area contributed by atoms with Crippen LogP contribution in [0.4, 0.5) is 5.69 Å². The Balaban J connectivity index is 1.25. The third-order valence-corrected chi connectivity index (χ3v) is 10.9. The van der Waals surface area contributed by atoms with E-state index in [1.807, 2.05) is 48.5 Å². The number of hydrogen-bond acceptors (Lipinski definition) is 5. The molecule has 3 fully saturated rings. The molecule has 2 aliphatic heterocycles. The molecule has 42 heavy (non-hydrogen) atoms. The number of hydrazone groups is 1. The van der Waals surface area contributed by atoms with Gasteiger partial charge in [-0.1, -0.05) is 84.4 Å². The van der Waals surface area contributed by atoms with Gasteiger partial charge in [0.05, 0.1) is 39.8 Å². The molecular weight excluding hydrogens is 550 g/mol. The average molecular weight is 574 g/mol. The second-order valence-corrected chi connectivity index (χ2v) is 12.6. The number of anilines is 1. The average Bonchev–Trinajstić information content (AvgIpc) is 3.75. The molecule has 7 nitrogen and oxygen atoms in total. The summed E-state index contributed by atoms with van der Waals surface area (Å²) in [6.45, 7) is 0. The first-order chi connectivity index (χ1) is 20.4. The van der Waals surface area contributed by atoms with E-state index in [-0.39, 0.29) is 53.2 Å². The lowest BCUT2D eigenvalue weighted by Gasteiger charge is -2.52. The molecule has 206 valence electrons. The van der Waals surface area contributed by atoms with Gasteiger partial charge in [0.25, 0.3) is 11.8 Å². The van der Waals surface area contributed by atoms with Gasteiger partial charge in [-0.15, -0.1) is 0 Å². The highest BCUT2D eigenvalue weighted by Gasteiger charge is 2.68. The van der Waals surface area contributed by atoms with Crippen molar-refractivity contribution in [3.05, 3.63) is 112 Å². The Bertz CT molecular complexity index is 1770. The summed E-state index contributed by atoms with van der Waals surface area (Å²) in [7, 11) is 0. The maximum absolute atomic E-state index is 14.5. The van der Waals surface area contributed by atoms with Crippen LogP contribution in [0.1, 0.15) is 34.6 Å². The molecule has 0 radical (unpaired) electrons. The zero-order chi connectivity index (χ0) is 28.5. The number of imide groups is 2. The maximum Gasteiger partial charge on any atom is 0.254 e. The van der Waals surface area contributed by atoms with Crippen molar-refractivity contribution in [1.82, 2.24) is 5.01 Å². The molecule has 3 aromatic rings. The minimum absolute atomic E-state index is 0.0592. The van der Waals surface area contributed by atoms with Crippen molar-refractivity contribution in [1.29, 1.82) is 0 Å². The molecule has 8 heteroatoms. The van der Waals surface area contributed by atoms with Crippen molar-refractivity contribution in [3.63, 3.8) is 0 Å². The van der Waals surface area contributed by atoms with Gasteiger partial charge in [0.15, 0.2) is 0 Å². The molecule has 0 aromatic heterocycles. The molecular formula is C34H24ClN3O4. The lowest BCUT2D eigenvalue weighted by atomic mass is 9.47. The summed E-state index contributed by atoms with van der Waals surface area (Å²) in [5.41, 5.74) is 2.80. The summed E-state index contributed by atoms with van der Waals surface area (Å²) in [4.78, 5) is 57.2. The fourth-order valence-corrected chi connectivity index (χ4v) is 9.29. The smallest absolute Gasteiger partial charge is 0.254 e. The number of benzene rings is 3. The van der Waals surface area contributed by atoms with E-state index in [1.54, 1.807) is 30.5 Å². The summed E-state index contributed by atoms with van der Waals surface area (Å²) in [6.07, 6.45) is 6.54. The van der Waals surface area contributed by atoms with Gasteiger partial charge in [0.1, 0.15) is 0 Å². The van der Waals surface area contributed by atoms with Crippen molar-refractivity contribution in [2.45, 2.75) is 17.8 Å². The molecule has 2 heterocycles. The summed E-state index contributed by atoms with van der Waals surface area (Å²) in [5, 5.41) is 6.01. The largest absolute Gasteiger partial charge is 0.274 e. The van der Waals surface area contributed by atoms with Crippen molar-refractivity contribution >= 4 is 47.1 Å². The fourth-order valence-electron chi connectivity index (χ4n) is 9.07. The van der Waals surface area contributed by atoms with Gasteiger partial charge in [-0.05, 0) is 52.6 Å². The molecule has 6 atom stereocenters. The Labute approximate surface area is 246 Å². The summed E-state index contributed by atoms with van der Waals surface area (Å²) < 4.78 is 0. The van der Waals surface area contributed by atoms with Crippen LogP contribution in [0.5, 0.6) is 0 Å². The predicted molar refractivity (Wildman–Crippen MR) is 154 cm³/mol. The molecule has 7 aliphatic rings. The molecule has 0 spiro atoms. The third-order valence-electron chi connectivity index (χ3n) is 10.6. The standard InChI is InChI=1S/C34H24ClN3O4/c35-23-11-5-6-12-24(23)37-30(39)28-27-19-7-1-3-9-21(19)34(29(28)33(37)42,22-10-4-2-8-20(22)27)16-36-38-31(40)25-17-13-14-18(15-17)26(25)32(38)41/h1-14,16-18,25-29H,15H2/b36-16-/t17-,18-,25-,26+,27?,28+,29-,34?/m0/s1. The minimum Gasteiger partial charge on any atom is -0.274 e. The van der Waals surface area contributed by atoms with E-state index in [2.05, 4.69) is 17.3 Å². The number of halogens is 1. The molecule has 4 bridgehead atoms. The Morgan fingerprint density at radius 3 is 1.90 bits per heavy atom. The van der Waals surface area contributed by atoms with Crippen LogP contribution in [-0.4, -0.2) is 34.9 Å². The molecule has 10 rings (SSSR count). The van der Waals surface area contributed by atoms with E-state index >= 15 is 0 Å². The van der Waals surface area contributed by atoms with E-state index in [4.69, 9.17) is 11.6 Å². The van der Waals surface area contributed by atoms with Crippen LogP contribution < -0.4 is 4.90 Å². The number of amides is 4. The topological polar surface area (TPSA) is 87.1 Å². The van der Waals surface area contributed by atoms with Gasteiger partial charge in [0.2, 0.25) is 11.8 Å². The first-order valence-electron chi connectivity index (χ1n) is 14.4. The van der Waals surface area contributed by atoms with Crippen LogP contribution in [0, 0.1) is 35.5 Å². The van der Waals surface area contributed by atoms with Crippen molar-refractivity contribution in [3.8, 4) is 0 Å². The SMILES string of the molecule is O=C1[C@@H]2[C@H](C(=O)N1/N=C\C13c4ccccc4C(c4ccccc41)[C@H]1C(=O)N(c4ccccc4Cl)C(=O)[C@H]13)[C@H]1C=C[C@H]2C1. The van der Waals surface area contributed by atoms with E-state index in [0.29, 0.717) is 10.7 Å². The maximum atomic E-state index is 14.5. The van der Waals surface area contributed by atoms with Gasteiger partial charge in [-0.25, -0.2) is 4.90 Å². The lowest BCUT2D eigenvalue weighted by Crippen LogP contribution is -2.55. The Hall–Kier alpha value is -4.36. The zero-order valence-corrected chi connectivity index (χ0v) is 23.0. The molecule has 3 aromatic carbocycles. The highest BCUT2D eigenvalue weighted by molar-refractivity contribution is 6.36. The van der Waals surface area contributed by atoms with Crippen LogP contribution in [0.3, 0.4) is 0 Å². The molecule has 0 unspecified atom stereocenters. The number of carbonyl (C=O) groups excluding carboxylic acids is 4. The van der Waals surface area contributed by atoms with Crippen LogP contribution in [0.25, 0.3) is 0 Å². The van der Waals surface area contributed by atoms with Gasteiger partial charge >= 0.3 is 0 Å². The van der Waals surface area contributed by atoms with E-state index in [9.17, 15) is 19.2 Å². The van der Waals surface area contributed by atoms with Crippen LogP contribution in [-0.2, 0) is 24.6 Å². The highest BCUT2D eigenvalue weighted by Crippen LogP contribution is 2.64. The molecule has 2 saturated heterocycles. The zero-order valence-electron chi connectivity index (χ0n) is 22.3. The summed E-state index contributed by atoms with van der Waals surface area (Å²) in [6, 6.07) is 22.5. The second kappa shape index (κ2) is 8.13. The molecule has 5 aliphatic carbocycles. The number of carbonyl (C=O) groups is 4. The van der Waals surface area contributed by atoms with E-state index < -0.39 is 17.3 Å². The number of nitrogens with zero attached hydrogens (tertiary/aromatic N) is 3. The molecule has 4 amide bonds. The van der Waals surface area contributed by atoms with Crippen molar-refractivity contribution in [2.75, 3.05) is 4.90 Å². The van der Waals surface area contributed by atoms with Gasteiger partial charge in [0, 0.05) is 12.1 Å². The Kier molecular flexibility index (Phi) is 4.70. The number of allylic oxidation sites excluding steroid dienone is 2. The second-order valence-electron chi connectivity index (χ2n) is 12.2. The van der Waals surface area contributed by atoms with Crippen LogP contribution in [0.2, 0.25) is 5.02 Å². The van der Waals surface area contributed by atoms with E-state index in [1.165, 1.54) is 4.90 Å². The summed E-state index contributed by atoms with van der Waals surface area (Å²) >= 11 is 6.53. The van der Waals surface area contributed by atoms with Crippen LogP contribution in [0.15, 0.2) is 90.0 Å². The molecule has 0 N–H and O–H groups in total. The van der Waals surface area contributed by atoms with E-state index in [0.717, 1.165) is 33.7 Å². The Morgan fingerprint density at radius 2 is 1.29 bits per heavy atom. The highest BCUT2D eigenvalue weighted by atomic mass is 35.5. The minimum atomic E-state index is -1.18. The predicted octanol–water partition coefficient (Wildman–Crippen LogP) is 4.68. The van der Waals surface area contributed by atoms with Crippen molar-refractivity contribution < 1.29 is 19.2 Å².